The monoisotopic (exact) mass is 410 g/mol. The van der Waals surface area contributed by atoms with Crippen LogP contribution in [0.5, 0.6) is 6.01 Å². The summed E-state index contributed by atoms with van der Waals surface area (Å²) in [6.07, 6.45) is 7.63. The van der Waals surface area contributed by atoms with Gasteiger partial charge in [0.15, 0.2) is 5.82 Å². The number of hydrogen-bond donors (Lipinski definition) is 1. The fourth-order valence-corrected chi connectivity index (χ4v) is 2.93. The molecular formula is C24H22N6O. The number of aryl methyl sites for hydroxylation is 1. The molecule has 4 rings (SSSR count). The van der Waals surface area contributed by atoms with Crippen molar-refractivity contribution in [1.29, 1.82) is 0 Å². The van der Waals surface area contributed by atoms with Crippen molar-refractivity contribution >= 4 is 12.0 Å². The second-order valence-corrected chi connectivity index (χ2v) is 6.86. The highest BCUT2D eigenvalue weighted by Crippen LogP contribution is 2.22. The van der Waals surface area contributed by atoms with Gasteiger partial charge in [0.1, 0.15) is 0 Å². The van der Waals surface area contributed by atoms with Crippen LogP contribution in [0.3, 0.4) is 0 Å². The second-order valence-electron chi connectivity index (χ2n) is 6.86. The van der Waals surface area contributed by atoms with E-state index in [1.165, 1.54) is 5.56 Å². The van der Waals surface area contributed by atoms with Gasteiger partial charge >= 0.3 is 6.01 Å². The molecule has 154 valence electrons. The largest absolute Gasteiger partial charge is 0.463 e. The third-order valence-corrected chi connectivity index (χ3v) is 4.43. The molecular weight excluding hydrogens is 388 g/mol. The van der Waals surface area contributed by atoms with Gasteiger partial charge in [0.25, 0.3) is 0 Å². The lowest BCUT2D eigenvalue weighted by atomic mass is 10.2. The minimum atomic E-state index is 0.276. The van der Waals surface area contributed by atoms with Crippen LogP contribution in [0.15, 0.2) is 84.4 Å². The molecule has 1 aromatic carbocycles. The number of hydrazone groups is 1. The quantitative estimate of drug-likeness (QED) is 0.344. The molecule has 1 N–H and O–H groups in total. The smallest absolute Gasteiger partial charge is 0.318 e. The maximum atomic E-state index is 5.82. The van der Waals surface area contributed by atoms with Crippen LogP contribution in [0.2, 0.25) is 0 Å². The van der Waals surface area contributed by atoms with Crippen LogP contribution in [-0.2, 0) is 6.42 Å². The van der Waals surface area contributed by atoms with Gasteiger partial charge < -0.3 is 4.74 Å². The van der Waals surface area contributed by atoms with Crippen molar-refractivity contribution in [2.45, 2.75) is 13.3 Å². The number of ether oxygens (including phenoxy) is 1. The number of pyridine rings is 2. The van der Waals surface area contributed by atoms with E-state index >= 15 is 0 Å². The number of rotatable bonds is 8. The summed E-state index contributed by atoms with van der Waals surface area (Å²) in [6, 6.07) is 19.8. The topological polar surface area (TPSA) is 85.2 Å². The summed E-state index contributed by atoms with van der Waals surface area (Å²) < 4.78 is 5.82. The van der Waals surface area contributed by atoms with Crippen LogP contribution >= 0.6 is 0 Å². The molecule has 0 aliphatic carbocycles. The fourth-order valence-electron chi connectivity index (χ4n) is 2.93. The molecule has 0 unspecified atom stereocenters. The maximum Gasteiger partial charge on any atom is 0.318 e. The zero-order chi connectivity index (χ0) is 21.3. The van der Waals surface area contributed by atoms with Crippen LogP contribution in [0.25, 0.3) is 11.3 Å². The number of nitrogens with one attached hydrogen (secondary N) is 1. The zero-order valence-corrected chi connectivity index (χ0v) is 17.1. The molecule has 4 aromatic rings. The van der Waals surface area contributed by atoms with Gasteiger partial charge in [0, 0.05) is 42.3 Å². The van der Waals surface area contributed by atoms with Crippen LogP contribution in [0.4, 0.5) is 5.82 Å². The van der Waals surface area contributed by atoms with E-state index in [0.717, 1.165) is 22.5 Å². The van der Waals surface area contributed by atoms with E-state index in [1.54, 1.807) is 24.8 Å². The summed E-state index contributed by atoms with van der Waals surface area (Å²) in [5.74, 6) is 0.540. The number of benzene rings is 1. The summed E-state index contributed by atoms with van der Waals surface area (Å²) in [6.45, 7) is 2.47. The molecule has 0 saturated carbocycles. The van der Waals surface area contributed by atoms with Gasteiger partial charge in [-0.05, 0) is 36.8 Å². The van der Waals surface area contributed by atoms with Gasteiger partial charge in [-0.1, -0.05) is 35.9 Å². The SMILES string of the molecule is Cc1cccc(C=NNc2cc(-c3ccncc3)nc(OCCc3ccccn3)n2)c1. The third kappa shape index (κ3) is 5.93. The lowest BCUT2D eigenvalue weighted by molar-refractivity contribution is 0.296. The van der Waals surface area contributed by atoms with Crippen molar-refractivity contribution in [2.75, 3.05) is 12.0 Å². The molecule has 0 saturated heterocycles. The van der Waals surface area contributed by atoms with E-state index in [-0.39, 0.29) is 6.01 Å². The van der Waals surface area contributed by atoms with Gasteiger partial charge in [-0.25, -0.2) is 0 Å². The Morgan fingerprint density at radius 2 is 1.87 bits per heavy atom. The van der Waals surface area contributed by atoms with Crippen molar-refractivity contribution in [2.24, 2.45) is 5.10 Å². The van der Waals surface area contributed by atoms with Crippen LogP contribution in [-0.4, -0.2) is 32.8 Å². The Kier molecular flexibility index (Phi) is 6.54. The van der Waals surface area contributed by atoms with Crippen LogP contribution in [0.1, 0.15) is 16.8 Å². The molecule has 3 heterocycles. The minimum Gasteiger partial charge on any atom is -0.463 e. The van der Waals surface area contributed by atoms with Gasteiger partial charge in [0.2, 0.25) is 0 Å². The number of aromatic nitrogens is 4. The van der Waals surface area contributed by atoms with Crippen molar-refractivity contribution in [1.82, 2.24) is 19.9 Å². The molecule has 0 atom stereocenters. The first-order valence-electron chi connectivity index (χ1n) is 9.94. The number of hydrogen-bond acceptors (Lipinski definition) is 7. The Labute approximate surface area is 180 Å². The van der Waals surface area contributed by atoms with E-state index < -0.39 is 0 Å². The summed E-state index contributed by atoms with van der Waals surface area (Å²) in [5.41, 5.74) is 7.75. The third-order valence-electron chi connectivity index (χ3n) is 4.43. The van der Waals surface area contributed by atoms with E-state index in [1.807, 2.05) is 61.5 Å². The highest BCUT2D eigenvalue weighted by molar-refractivity contribution is 5.80. The van der Waals surface area contributed by atoms with Crippen molar-refractivity contribution in [3.63, 3.8) is 0 Å². The molecule has 0 aliphatic rings. The molecule has 3 aromatic heterocycles. The molecule has 0 bridgehead atoms. The van der Waals surface area contributed by atoms with Crippen molar-refractivity contribution < 1.29 is 4.74 Å². The Balaban J connectivity index is 1.51. The van der Waals surface area contributed by atoms with Crippen LogP contribution < -0.4 is 10.2 Å². The Morgan fingerprint density at radius 1 is 0.968 bits per heavy atom. The summed E-state index contributed by atoms with van der Waals surface area (Å²) in [4.78, 5) is 17.4. The summed E-state index contributed by atoms with van der Waals surface area (Å²) in [5, 5.41) is 4.31. The average Bonchev–Trinajstić information content (AvgIpc) is 2.80. The first-order chi connectivity index (χ1) is 15.3. The first kappa shape index (κ1) is 20.2. The zero-order valence-electron chi connectivity index (χ0n) is 17.1. The predicted octanol–water partition coefficient (Wildman–Crippen LogP) is 4.31. The van der Waals surface area contributed by atoms with Gasteiger partial charge in [-0.3, -0.25) is 15.4 Å². The second kappa shape index (κ2) is 10.1. The lowest BCUT2D eigenvalue weighted by Crippen LogP contribution is -2.07. The highest BCUT2D eigenvalue weighted by Gasteiger charge is 2.08. The fraction of sp³-hybridized carbons (Fsp3) is 0.125. The molecule has 0 amide bonds. The first-order valence-corrected chi connectivity index (χ1v) is 9.94. The van der Waals surface area contributed by atoms with Crippen molar-refractivity contribution in [3.05, 3.63) is 96.1 Å². The molecule has 0 spiro atoms. The molecule has 7 heteroatoms. The average molecular weight is 410 g/mol. The van der Waals surface area contributed by atoms with Gasteiger partial charge in [-0.15, -0.1) is 0 Å². The van der Waals surface area contributed by atoms with Gasteiger partial charge in [0.05, 0.1) is 18.5 Å². The Morgan fingerprint density at radius 3 is 2.68 bits per heavy atom. The normalized spacial score (nSPS) is 10.9. The van der Waals surface area contributed by atoms with Crippen LogP contribution in [0, 0.1) is 6.92 Å². The number of anilines is 1. The standard InChI is InChI=1S/C24H22N6O/c1-18-5-4-6-19(15-18)17-27-30-23-16-22(20-8-12-25-13-9-20)28-24(29-23)31-14-10-21-7-2-3-11-26-21/h2-9,11-13,15-17H,10,14H2,1H3,(H,28,29,30). The van der Waals surface area contributed by atoms with E-state index in [9.17, 15) is 0 Å². The molecule has 31 heavy (non-hydrogen) atoms. The van der Waals surface area contributed by atoms with E-state index in [4.69, 9.17) is 4.74 Å². The van der Waals surface area contributed by atoms with Crippen molar-refractivity contribution in [3.8, 4) is 17.3 Å². The predicted molar refractivity (Wildman–Crippen MR) is 121 cm³/mol. The summed E-state index contributed by atoms with van der Waals surface area (Å²) in [7, 11) is 0. The Bertz CT molecular complexity index is 1150. The van der Waals surface area contributed by atoms with E-state index in [2.05, 4.69) is 36.5 Å². The highest BCUT2D eigenvalue weighted by atomic mass is 16.5. The molecule has 7 nitrogen and oxygen atoms in total. The number of nitrogens with zero attached hydrogens (tertiary/aromatic N) is 5. The maximum absolute atomic E-state index is 5.82. The Hall–Kier alpha value is -4.13. The minimum absolute atomic E-state index is 0.276. The molecule has 0 aliphatic heterocycles. The molecule has 0 fully saturated rings. The lowest BCUT2D eigenvalue weighted by Gasteiger charge is -2.09. The summed E-state index contributed by atoms with van der Waals surface area (Å²) >= 11 is 0. The van der Waals surface area contributed by atoms with Gasteiger partial charge in [-0.2, -0.15) is 15.1 Å². The van der Waals surface area contributed by atoms with E-state index in [0.29, 0.717) is 18.8 Å². The molecule has 0 radical (unpaired) electrons.